The molecule has 0 saturated carbocycles. The molecule has 4 aromatic rings. The third-order valence-electron chi connectivity index (χ3n) is 6.32. The minimum Gasteiger partial charge on any atom is -0.322 e. The summed E-state index contributed by atoms with van der Waals surface area (Å²) in [5.41, 5.74) is 11.7. The third-order valence-corrected chi connectivity index (χ3v) is 6.32. The van der Waals surface area contributed by atoms with Gasteiger partial charge in [0.25, 0.3) is 23.6 Å². The Labute approximate surface area is 258 Å². The zero-order valence-electron chi connectivity index (χ0n) is 24.0. The number of carbonyl (C=O) groups excluding carboxylic acids is 6. The van der Waals surface area contributed by atoms with E-state index in [0.717, 1.165) is 0 Å². The van der Waals surface area contributed by atoms with Gasteiger partial charge in [0.05, 0.1) is 0 Å². The van der Waals surface area contributed by atoms with Crippen LogP contribution in [-0.4, -0.2) is 35.4 Å². The maximum atomic E-state index is 12.3. The lowest BCUT2D eigenvalue weighted by Gasteiger charge is -2.10. The Morgan fingerprint density at radius 1 is 0.378 bits per heavy atom. The van der Waals surface area contributed by atoms with Gasteiger partial charge < -0.3 is 10.6 Å². The topological polar surface area (TPSA) is 175 Å². The Bertz CT molecular complexity index is 1530. The van der Waals surface area contributed by atoms with Gasteiger partial charge in [0.15, 0.2) is 0 Å². The Kier molecular flexibility index (Phi) is 11.1. The first-order valence-electron chi connectivity index (χ1n) is 13.9. The Hall–Kier alpha value is -6.30. The van der Waals surface area contributed by atoms with Crippen molar-refractivity contribution in [2.24, 2.45) is 0 Å². The minimum absolute atomic E-state index is 0.0533. The molecular formula is C33H30N6O6. The summed E-state index contributed by atoms with van der Waals surface area (Å²) >= 11 is 0. The maximum absolute atomic E-state index is 12.3. The van der Waals surface area contributed by atoms with Crippen LogP contribution in [0.5, 0.6) is 0 Å². The summed E-state index contributed by atoms with van der Waals surface area (Å²) < 4.78 is 0. The van der Waals surface area contributed by atoms with E-state index < -0.39 is 23.6 Å². The van der Waals surface area contributed by atoms with Crippen molar-refractivity contribution in [1.29, 1.82) is 0 Å². The van der Waals surface area contributed by atoms with Crippen LogP contribution in [-0.2, 0) is 9.59 Å². The number of hydrazine groups is 2. The van der Waals surface area contributed by atoms with Crippen molar-refractivity contribution in [3.05, 3.63) is 131 Å². The van der Waals surface area contributed by atoms with Crippen molar-refractivity contribution in [3.8, 4) is 0 Å². The molecule has 228 valence electrons. The highest BCUT2D eigenvalue weighted by Crippen LogP contribution is 2.13. The first kappa shape index (κ1) is 31.6. The quantitative estimate of drug-likeness (QED) is 0.150. The first-order chi connectivity index (χ1) is 21.8. The molecule has 6 amide bonds. The molecule has 0 saturated heterocycles. The standard InChI is InChI=1S/C33H30N6O6/c40-28(36-38-32(44)24-14-18-26(19-15-24)34-30(42)22-8-3-1-4-9-22)12-7-13-29(41)37-39-33(45)25-16-20-27(21-17-25)35-31(43)23-10-5-2-6-11-23/h1-6,8-11,14-21H,7,12-13H2,(H,34,42)(H,35,43)(H,36,40)(H,37,41)(H,38,44)(H,39,45). The Balaban J connectivity index is 1.10. The van der Waals surface area contributed by atoms with E-state index in [1.165, 1.54) is 24.3 Å². The Morgan fingerprint density at radius 2 is 0.711 bits per heavy atom. The number of hydrogen-bond donors (Lipinski definition) is 6. The van der Waals surface area contributed by atoms with Gasteiger partial charge >= 0.3 is 0 Å². The van der Waals surface area contributed by atoms with E-state index in [-0.39, 0.29) is 42.2 Å². The summed E-state index contributed by atoms with van der Waals surface area (Å²) in [6.45, 7) is 0. The van der Waals surface area contributed by atoms with Crippen LogP contribution in [0.2, 0.25) is 0 Å². The zero-order valence-corrected chi connectivity index (χ0v) is 24.0. The number of amides is 6. The molecule has 45 heavy (non-hydrogen) atoms. The molecule has 0 aliphatic heterocycles. The van der Waals surface area contributed by atoms with Crippen molar-refractivity contribution in [1.82, 2.24) is 21.7 Å². The summed E-state index contributed by atoms with van der Waals surface area (Å²) in [6, 6.07) is 29.6. The number of hydrogen-bond acceptors (Lipinski definition) is 6. The Morgan fingerprint density at radius 3 is 1.07 bits per heavy atom. The molecule has 4 aromatic carbocycles. The summed E-state index contributed by atoms with van der Waals surface area (Å²) in [5.74, 6) is -2.70. The van der Waals surface area contributed by atoms with Crippen molar-refractivity contribution >= 4 is 46.8 Å². The second kappa shape index (κ2) is 15.8. The molecule has 0 spiro atoms. The second-order valence-corrected chi connectivity index (χ2v) is 9.65. The predicted molar refractivity (Wildman–Crippen MR) is 167 cm³/mol. The van der Waals surface area contributed by atoms with E-state index in [2.05, 4.69) is 32.3 Å². The van der Waals surface area contributed by atoms with Gasteiger partial charge in [0.2, 0.25) is 11.8 Å². The average Bonchev–Trinajstić information content (AvgIpc) is 3.07. The van der Waals surface area contributed by atoms with Gasteiger partial charge in [-0.05, 0) is 79.2 Å². The molecule has 0 heterocycles. The van der Waals surface area contributed by atoms with Crippen molar-refractivity contribution in [3.63, 3.8) is 0 Å². The fraction of sp³-hybridized carbons (Fsp3) is 0.0909. The molecule has 0 fully saturated rings. The van der Waals surface area contributed by atoms with E-state index in [9.17, 15) is 28.8 Å². The van der Waals surface area contributed by atoms with Gasteiger partial charge in [-0.25, -0.2) is 0 Å². The average molecular weight is 607 g/mol. The molecule has 0 aliphatic rings. The monoisotopic (exact) mass is 606 g/mol. The number of benzene rings is 4. The largest absolute Gasteiger partial charge is 0.322 e. The van der Waals surface area contributed by atoms with Crippen molar-refractivity contribution in [2.75, 3.05) is 10.6 Å². The summed E-state index contributed by atoms with van der Waals surface area (Å²) in [6.07, 6.45) is 0.0551. The van der Waals surface area contributed by atoms with E-state index in [1.54, 1.807) is 72.8 Å². The second-order valence-electron chi connectivity index (χ2n) is 9.65. The van der Waals surface area contributed by atoms with Crippen LogP contribution in [0, 0.1) is 0 Å². The van der Waals surface area contributed by atoms with Gasteiger partial charge in [-0.15, -0.1) is 0 Å². The van der Waals surface area contributed by atoms with E-state index in [4.69, 9.17) is 0 Å². The smallest absolute Gasteiger partial charge is 0.269 e. The molecule has 6 N–H and O–H groups in total. The number of anilines is 2. The lowest BCUT2D eigenvalue weighted by Crippen LogP contribution is -2.42. The van der Waals surface area contributed by atoms with Gasteiger partial charge in [0, 0.05) is 46.5 Å². The highest BCUT2D eigenvalue weighted by molar-refractivity contribution is 6.05. The van der Waals surface area contributed by atoms with Gasteiger partial charge in [-0.1, -0.05) is 36.4 Å². The first-order valence-corrected chi connectivity index (χ1v) is 13.9. The van der Waals surface area contributed by atoms with Gasteiger partial charge in [0.1, 0.15) is 0 Å². The summed E-state index contributed by atoms with van der Waals surface area (Å²) in [7, 11) is 0. The zero-order chi connectivity index (χ0) is 32.0. The van der Waals surface area contributed by atoms with Crippen molar-refractivity contribution in [2.45, 2.75) is 19.3 Å². The molecular weight excluding hydrogens is 576 g/mol. The highest BCUT2D eigenvalue weighted by Gasteiger charge is 2.12. The molecule has 0 bridgehead atoms. The number of nitrogens with one attached hydrogen (secondary N) is 6. The van der Waals surface area contributed by atoms with Gasteiger partial charge in [-0.3, -0.25) is 50.5 Å². The fourth-order valence-corrected chi connectivity index (χ4v) is 3.93. The number of rotatable bonds is 10. The lowest BCUT2D eigenvalue weighted by molar-refractivity contribution is -0.123. The van der Waals surface area contributed by atoms with Crippen LogP contribution in [0.25, 0.3) is 0 Å². The number of carbonyl (C=O) groups is 6. The molecule has 0 aromatic heterocycles. The SMILES string of the molecule is O=C(CCCC(=O)NNC(=O)c1ccc(NC(=O)c2ccccc2)cc1)NNC(=O)c1ccc(NC(=O)c2ccccc2)cc1. The molecule has 0 atom stereocenters. The molecule has 12 nitrogen and oxygen atoms in total. The van der Waals surface area contributed by atoms with Crippen LogP contribution in [0.15, 0.2) is 109 Å². The molecule has 4 rings (SSSR count). The molecule has 0 unspecified atom stereocenters. The summed E-state index contributed by atoms with van der Waals surface area (Å²) in [5, 5.41) is 5.47. The van der Waals surface area contributed by atoms with E-state index in [1.807, 2.05) is 12.1 Å². The third kappa shape index (κ3) is 9.89. The normalized spacial score (nSPS) is 10.1. The summed E-state index contributed by atoms with van der Waals surface area (Å²) in [4.78, 5) is 73.4. The van der Waals surface area contributed by atoms with E-state index >= 15 is 0 Å². The van der Waals surface area contributed by atoms with Crippen LogP contribution >= 0.6 is 0 Å². The van der Waals surface area contributed by atoms with Crippen LogP contribution < -0.4 is 32.3 Å². The van der Waals surface area contributed by atoms with Gasteiger partial charge in [-0.2, -0.15) is 0 Å². The van der Waals surface area contributed by atoms with E-state index in [0.29, 0.717) is 22.5 Å². The molecule has 0 aliphatic carbocycles. The fourth-order valence-electron chi connectivity index (χ4n) is 3.93. The van der Waals surface area contributed by atoms with Crippen molar-refractivity contribution < 1.29 is 28.8 Å². The lowest BCUT2D eigenvalue weighted by atomic mass is 10.1. The molecule has 0 radical (unpaired) electrons. The molecule has 12 heteroatoms. The van der Waals surface area contributed by atoms with Crippen LogP contribution in [0.1, 0.15) is 60.7 Å². The van der Waals surface area contributed by atoms with Crippen LogP contribution in [0.3, 0.4) is 0 Å². The minimum atomic E-state index is -0.559. The maximum Gasteiger partial charge on any atom is 0.269 e. The predicted octanol–water partition coefficient (Wildman–Crippen LogP) is 3.58. The highest BCUT2D eigenvalue weighted by atomic mass is 16.2. The van der Waals surface area contributed by atoms with Crippen LogP contribution in [0.4, 0.5) is 11.4 Å².